The molecule has 0 radical (unpaired) electrons. The number of nitrogens with zero attached hydrogens (tertiary/aromatic N) is 1. The molecule has 1 N–H and O–H groups in total. The molecule has 1 amide bonds. The van der Waals surface area contributed by atoms with Gasteiger partial charge in [0.25, 0.3) is 15.9 Å². The maximum Gasteiger partial charge on any atom is 0.264 e. The van der Waals surface area contributed by atoms with Gasteiger partial charge in [-0.2, -0.15) is 0 Å². The quantitative estimate of drug-likeness (QED) is 0.624. The van der Waals surface area contributed by atoms with Crippen LogP contribution in [-0.4, -0.2) is 20.4 Å². The molecule has 0 aliphatic carbocycles. The van der Waals surface area contributed by atoms with E-state index in [1.807, 2.05) is 19.1 Å². The minimum Gasteiger partial charge on any atom is -0.319 e. The third-order valence-electron chi connectivity index (χ3n) is 4.97. The fourth-order valence-electron chi connectivity index (χ4n) is 3.60. The molecule has 5 nitrogen and oxygen atoms in total. The van der Waals surface area contributed by atoms with E-state index < -0.39 is 21.7 Å². The number of fused-ring (bicyclic) bond motifs is 1. The SMILES string of the molecule is CC1Cc2ccccc2N1S(=O)(=O)c1cccc(C(=O)Nc2cc(Cl)ccc2F)c1. The molecule has 1 atom stereocenters. The summed E-state index contributed by atoms with van der Waals surface area (Å²) in [7, 11) is -3.89. The fraction of sp³-hybridized carbons (Fsp3) is 0.136. The van der Waals surface area contributed by atoms with Crippen molar-refractivity contribution in [2.45, 2.75) is 24.3 Å². The summed E-state index contributed by atoms with van der Waals surface area (Å²) in [6.45, 7) is 1.84. The number of benzene rings is 3. The second-order valence-electron chi connectivity index (χ2n) is 7.09. The Labute approximate surface area is 179 Å². The standard InChI is InChI=1S/C22H18ClFN2O3S/c1-14-11-15-5-2-3-8-21(15)26(14)30(28,29)18-7-4-6-16(12-18)22(27)25-20-13-17(23)9-10-19(20)24/h2-10,12-14H,11H2,1H3,(H,25,27). The third kappa shape index (κ3) is 3.66. The summed E-state index contributed by atoms with van der Waals surface area (Å²) in [5.41, 5.74) is 1.61. The number of nitrogens with one attached hydrogen (secondary N) is 1. The third-order valence-corrected chi connectivity index (χ3v) is 7.13. The van der Waals surface area contributed by atoms with Crippen LogP contribution in [-0.2, 0) is 16.4 Å². The molecule has 0 saturated carbocycles. The highest BCUT2D eigenvalue weighted by atomic mass is 35.5. The van der Waals surface area contributed by atoms with Gasteiger partial charge < -0.3 is 5.32 Å². The molecule has 4 rings (SSSR count). The van der Waals surface area contributed by atoms with Gasteiger partial charge in [-0.25, -0.2) is 12.8 Å². The number of anilines is 2. The monoisotopic (exact) mass is 444 g/mol. The van der Waals surface area contributed by atoms with E-state index in [1.165, 1.54) is 40.7 Å². The minimum atomic E-state index is -3.89. The molecule has 1 heterocycles. The van der Waals surface area contributed by atoms with Crippen LogP contribution in [0.5, 0.6) is 0 Å². The highest BCUT2D eigenvalue weighted by molar-refractivity contribution is 7.92. The van der Waals surface area contributed by atoms with Gasteiger partial charge in [0.2, 0.25) is 0 Å². The molecule has 3 aromatic carbocycles. The molecule has 8 heteroatoms. The molecule has 1 aliphatic rings. The Morgan fingerprint density at radius 2 is 1.87 bits per heavy atom. The van der Waals surface area contributed by atoms with Crippen molar-refractivity contribution in [2.24, 2.45) is 0 Å². The van der Waals surface area contributed by atoms with E-state index in [2.05, 4.69) is 5.32 Å². The summed E-state index contributed by atoms with van der Waals surface area (Å²) < 4.78 is 42.0. The molecule has 0 saturated heterocycles. The van der Waals surface area contributed by atoms with Crippen molar-refractivity contribution in [1.29, 1.82) is 0 Å². The zero-order chi connectivity index (χ0) is 21.5. The summed E-state index contributed by atoms with van der Waals surface area (Å²) in [6, 6.07) is 16.6. The Bertz CT molecular complexity index is 1250. The molecule has 1 aliphatic heterocycles. The van der Waals surface area contributed by atoms with E-state index in [9.17, 15) is 17.6 Å². The van der Waals surface area contributed by atoms with Crippen LogP contribution in [0.2, 0.25) is 5.02 Å². The van der Waals surface area contributed by atoms with Gasteiger partial charge in [0.1, 0.15) is 5.82 Å². The topological polar surface area (TPSA) is 66.5 Å². The predicted molar refractivity (Wildman–Crippen MR) is 115 cm³/mol. The van der Waals surface area contributed by atoms with Crippen LogP contribution in [0, 0.1) is 5.82 Å². The number of para-hydroxylation sites is 1. The van der Waals surface area contributed by atoms with E-state index in [1.54, 1.807) is 12.1 Å². The van der Waals surface area contributed by atoms with Crippen LogP contribution in [0.15, 0.2) is 71.6 Å². The minimum absolute atomic E-state index is 0.00901. The van der Waals surface area contributed by atoms with Crippen molar-refractivity contribution in [3.8, 4) is 0 Å². The van der Waals surface area contributed by atoms with E-state index in [-0.39, 0.29) is 27.2 Å². The largest absolute Gasteiger partial charge is 0.319 e. The lowest BCUT2D eigenvalue weighted by atomic mass is 10.1. The van der Waals surface area contributed by atoms with Gasteiger partial charge in [0, 0.05) is 16.6 Å². The number of carbonyl (C=O) groups is 1. The molecule has 0 spiro atoms. The first-order valence-corrected chi connectivity index (χ1v) is 11.1. The lowest BCUT2D eigenvalue weighted by molar-refractivity contribution is 0.102. The summed E-state index contributed by atoms with van der Waals surface area (Å²) in [5, 5.41) is 2.70. The number of hydrogen-bond donors (Lipinski definition) is 1. The summed E-state index contributed by atoms with van der Waals surface area (Å²) in [5.74, 6) is -1.28. The van der Waals surface area contributed by atoms with Crippen molar-refractivity contribution in [2.75, 3.05) is 9.62 Å². The van der Waals surface area contributed by atoms with Gasteiger partial charge >= 0.3 is 0 Å². The first kappa shape index (κ1) is 20.4. The Kier molecular flexibility index (Phi) is 5.26. The van der Waals surface area contributed by atoms with Crippen LogP contribution in [0.4, 0.5) is 15.8 Å². The Morgan fingerprint density at radius 3 is 2.67 bits per heavy atom. The zero-order valence-corrected chi connectivity index (χ0v) is 17.5. The molecule has 30 heavy (non-hydrogen) atoms. The zero-order valence-electron chi connectivity index (χ0n) is 16.0. The number of rotatable bonds is 4. The van der Waals surface area contributed by atoms with Gasteiger partial charge in [0.05, 0.1) is 16.3 Å². The molecule has 1 unspecified atom stereocenters. The average Bonchev–Trinajstić information content (AvgIpc) is 3.07. The summed E-state index contributed by atoms with van der Waals surface area (Å²) in [4.78, 5) is 12.6. The van der Waals surface area contributed by atoms with Crippen molar-refractivity contribution in [3.05, 3.63) is 88.7 Å². The maximum absolute atomic E-state index is 13.9. The van der Waals surface area contributed by atoms with Crippen molar-refractivity contribution < 1.29 is 17.6 Å². The Morgan fingerprint density at radius 1 is 1.10 bits per heavy atom. The van der Waals surface area contributed by atoms with Crippen molar-refractivity contribution in [1.82, 2.24) is 0 Å². The van der Waals surface area contributed by atoms with E-state index >= 15 is 0 Å². The number of amides is 1. The van der Waals surface area contributed by atoms with Gasteiger partial charge in [-0.15, -0.1) is 0 Å². The van der Waals surface area contributed by atoms with E-state index in [0.29, 0.717) is 12.1 Å². The lowest BCUT2D eigenvalue weighted by Gasteiger charge is -2.24. The van der Waals surface area contributed by atoms with Crippen molar-refractivity contribution in [3.63, 3.8) is 0 Å². The number of sulfonamides is 1. The van der Waals surface area contributed by atoms with Gasteiger partial charge in [-0.3, -0.25) is 9.10 Å². The first-order valence-electron chi connectivity index (χ1n) is 9.26. The highest BCUT2D eigenvalue weighted by Gasteiger charge is 2.36. The van der Waals surface area contributed by atoms with Crippen molar-refractivity contribution >= 4 is 38.9 Å². The second kappa shape index (κ2) is 7.74. The highest BCUT2D eigenvalue weighted by Crippen LogP contribution is 2.36. The van der Waals surface area contributed by atoms with Gasteiger partial charge in [-0.1, -0.05) is 35.9 Å². The summed E-state index contributed by atoms with van der Waals surface area (Å²) in [6.07, 6.45) is 0.615. The molecular weight excluding hydrogens is 427 g/mol. The first-order chi connectivity index (χ1) is 14.3. The molecule has 0 aromatic heterocycles. The normalized spacial score (nSPS) is 15.7. The predicted octanol–water partition coefficient (Wildman–Crippen LogP) is 4.87. The Balaban J connectivity index is 1.66. The fourth-order valence-corrected chi connectivity index (χ4v) is 5.51. The molecule has 3 aromatic rings. The number of carbonyl (C=O) groups excluding carboxylic acids is 1. The number of hydrogen-bond acceptors (Lipinski definition) is 3. The lowest BCUT2D eigenvalue weighted by Crippen LogP contribution is -2.35. The molecule has 0 fully saturated rings. The Hall–Kier alpha value is -2.90. The molecular formula is C22H18ClFN2O3S. The summed E-state index contributed by atoms with van der Waals surface area (Å²) >= 11 is 5.86. The van der Waals surface area contributed by atoms with Crippen LogP contribution in [0.3, 0.4) is 0 Å². The van der Waals surface area contributed by atoms with Gasteiger partial charge in [-0.05, 0) is 61.4 Å². The van der Waals surface area contributed by atoms with Gasteiger partial charge in [0.15, 0.2) is 0 Å². The molecule has 0 bridgehead atoms. The van der Waals surface area contributed by atoms with E-state index in [0.717, 1.165) is 11.6 Å². The smallest absolute Gasteiger partial charge is 0.264 e. The second-order valence-corrected chi connectivity index (χ2v) is 9.34. The van der Waals surface area contributed by atoms with Crippen LogP contribution in [0.25, 0.3) is 0 Å². The average molecular weight is 445 g/mol. The maximum atomic E-state index is 13.9. The van der Waals surface area contributed by atoms with Crippen LogP contribution >= 0.6 is 11.6 Å². The number of halogens is 2. The molecule has 154 valence electrons. The van der Waals surface area contributed by atoms with Crippen LogP contribution < -0.4 is 9.62 Å². The van der Waals surface area contributed by atoms with Crippen LogP contribution in [0.1, 0.15) is 22.8 Å². The van der Waals surface area contributed by atoms with E-state index in [4.69, 9.17) is 11.6 Å².